The third-order valence-electron chi connectivity index (χ3n) is 3.39. The Morgan fingerprint density at radius 3 is 2.64 bits per heavy atom. The molecule has 25 heavy (non-hydrogen) atoms. The number of nitrogens with one attached hydrogen (secondary N) is 1. The van der Waals surface area contributed by atoms with Gasteiger partial charge in [-0.25, -0.2) is 18.4 Å². The number of sulfone groups is 1. The van der Waals surface area contributed by atoms with E-state index in [1.54, 1.807) is 6.07 Å². The van der Waals surface area contributed by atoms with Gasteiger partial charge in [0.1, 0.15) is 5.75 Å². The molecule has 7 nitrogen and oxygen atoms in total. The Morgan fingerprint density at radius 2 is 2.04 bits per heavy atom. The fraction of sp³-hybridized carbons (Fsp3) is 0.200. The summed E-state index contributed by atoms with van der Waals surface area (Å²) in [4.78, 5) is 9.86. The molecule has 0 aliphatic heterocycles. The van der Waals surface area contributed by atoms with Gasteiger partial charge < -0.3 is 15.8 Å². The van der Waals surface area contributed by atoms with Crippen LogP contribution in [-0.4, -0.2) is 31.8 Å². The van der Waals surface area contributed by atoms with Crippen LogP contribution in [0.3, 0.4) is 0 Å². The van der Waals surface area contributed by atoms with Crippen molar-refractivity contribution in [3.05, 3.63) is 29.3 Å². The first-order valence-corrected chi connectivity index (χ1v) is 10.7. The second-order valence-electron chi connectivity index (χ2n) is 5.26. The number of hydrogen-bond acceptors (Lipinski definition) is 9. The Morgan fingerprint density at radius 1 is 1.28 bits per heavy atom. The van der Waals surface area contributed by atoms with E-state index >= 15 is 0 Å². The summed E-state index contributed by atoms with van der Waals surface area (Å²) in [7, 11) is -1.79. The zero-order valence-electron chi connectivity index (χ0n) is 13.7. The normalized spacial score (nSPS) is 11.5. The molecular formula is C15H16N4O3S3. The van der Waals surface area contributed by atoms with E-state index in [-0.39, 0.29) is 4.90 Å². The van der Waals surface area contributed by atoms with Crippen LogP contribution in [0.15, 0.2) is 28.5 Å². The van der Waals surface area contributed by atoms with Crippen molar-refractivity contribution in [1.82, 2.24) is 9.97 Å². The van der Waals surface area contributed by atoms with E-state index < -0.39 is 9.84 Å². The van der Waals surface area contributed by atoms with Crippen molar-refractivity contribution in [2.75, 3.05) is 24.4 Å². The minimum Gasteiger partial charge on any atom is -0.495 e. The number of aromatic nitrogens is 2. The van der Waals surface area contributed by atoms with Gasteiger partial charge in [0.25, 0.3) is 0 Å². The lowest BCUT2D eigenvalue weighted by Crippen LogP contribution is -2.00. The SMILES string of the molecule is COc1ccc(S(C)(=O)=O)cc1Nc1nc(-c2sc(N)nc2C)cs1. The van der Waals surface area contributed by atoms with Crippen LogP contribution in [0, 0.1) is 6.92 Å². The van der Waals surface area contributed by atoms with Gasteiger partial charge >= 0.3 is 0 Å². The van der Waals surface area contributed by atoms with Gasteiger partial charge in [-0.2, -0.15) is 0 Å². The molecule has 2 aromatic heterocycles. The number of nitrogens with zero attached hydrogens (tertiary/aromatic N) is 2. The molecule has 10 heteroatoms. The molecule has 0 unspecified atom stereocenters. The Hall–Kier alpha value is -2.17. The van der Waals surface area contributed by atoms with E-state index in [2.05, 4.69) is 15.3 Å². The minimum atomic E-state index is -3.32. The standard InChI is InChI=1S/C15H16N4O3S3/c1-8-13(24-14(16)17-8)11-7-23-15(19-11)18-10-6-9(25(3,20)21)4-5-12(10)22-2/h4-7H,1-3H3,(H2,16,17)(H,18,19). The smallest absolute Gasteiger partial charge is 0.187 e. The third-order valence-corrected chi connectivity index (χ3v) is 6.27. The van der Waals surface area contributed by atoms with Crippen molar-refractivity contribution < 1.29 is 13.2 Å². The van der Waals surface area contributed by atoms with Gasteiger partial charge in [0.15, 0.2) is 20.1 Å². The van der Waals surface area contributed by atoms with Crippen LogP contribution < -0.4 is 15.8 Å². The molecular weight excluding hydrogens is 380 g/mol. The second-order valence-corrected chi connectivity index (χ2v) is 9.17. The quantitative estimate of drug-likeness (QED) is 0.681. The zero-order valence-corrected chi connectivity index (χ0v) is 16.2. The molecule has 0 saturated carbocycles. The number of hydrogen-bond donors (Lipinski definition) is 2. The van der Waals surface area contributed by atoms with Crippen molar-refractivity contribution in [2.45, 2.75) is 11.8 Å². The van der Waals surface area contributed by atoms with Crippen molar-refractivity contribution >= 4 is 48.5 Å². The van der Waals surface area contributed by atoms with E-state index in [9.17, 15) is 8.42 Å². The number of thiazole rings is 2. The lowest BCUT2D eigenvalue weighted by atomic mass is 10.3. The lowest BCUT2D eigenvalue weighted by Gasteiger charge is -2.10. The molecule has 0 saturated heterocycles. The van der Waals surface area contributed by atoms with Crippen LogP contribution in [-0.2, 0) is 9.84 Å². The fourth-order valence-corrected chi connectivity index (χ4v) is 4.45. The Bertz CT molecular complexity index is 1020. The summed E-state index contributed by atoms with van der Waals surface area (Å²) < 4.78 is 28.8. The number of benzene rings is 1. The van der Waals surface area contributed by atoms with E-state index in [1.807, 2.05) is 12.3 Å². The predicted octanol–water partition coefficient (Wildman–Crippen LogP) is 3.31. The van der Waals surface area contributed by atoms with Gasteiger partial charge in [-0.05, 0) is 25.1 Å². The first-order chi connectivity index (χ1) is 11.8. The molecule has 0 amide bonds. The van der Waals surface area contributed by atoms with Crippen LogP contribution in [0.25, 0.3) is 10.6 Å². The Kier molecular flexibility index (Phi) is 4.67. The molecule has 3 aromatic rings. The van der Waals surface area contributed by atoms with Crippen LogP contribution in [0.5, 0.6) is 5.75 Å². The maximum atomic E-state index is 11.8. The Balaban J connectivity index is 1.94. The molecule has 0 atom stereocenters. The number of anilines is 3. The monoisotopic (exact) mass is 396 g/mol. The highest BCUT2D eigenvalue weighted by molar-refractivity contribution is 7.90. The number of nitrogens with two attached hydrogens (primary N) is 1. The molecule has 2 heterocycles. The van der Waals surface area contributed by atoms with E-state index in [4.69, 9.17) is 10.5 Å². The topological polar surface area (TPSA) is 107 Å². The Labute approximate surface area is 153 Å². The molecule has 0 aliphatic rings. The van der Waals surface area contributed by atoms with Crippen molar-refractivity contribution in [1.29, 1.82) is 0 Å². The molecule has 132 valence electrons. The van der Waals surface area contributed by atoms with Crippen LogP contribution in [0.2, 0.25) is 0 Å². The van der Waals surface area contributed by atoms with Gasteiger partial charge in [0.05, 0.1) is 34.0 Å². The molecule has 0 aliphatic carbocycles. The summed E-state index contributed by atoms with van der Waals surface area (Å²) in [6.45, 7) is 1.88. The summed E-state index contributed by atoms with van der Waals surface area (Å²) in [5, 5.41) is 6.14. The molecule has 0 radical (unpaired) electrons. The highest BCUT2D eigenvalue weighted by Gasteiger charge is 2.15. The van der Waals surface area contributed by atoms with Gasteiger partial charge in [-0.1, -0.05) is 11.3 Å². The van der Waals surface area contributed by atoms with Crippen molar-refractivity contribution in [3.63, 3.8) is 0 Å². The summed E-state index contributed by atoms with van der Waals surface area (Å²) in [5.41, 5.74) is 7.88. The van der Waals surface area contributed by atoms with Crippen LogP contribution in [0.1, 0.15) is 5.69 Å². The molecule has 3 N–H and O–H groups in total. The largest absolute Gasteiger partial charge is 0.495 e. The average Bonchev–Trinajstić information content (AvgIpc) is 3.12. The maximum Gasteiger partial charge on any atom is 0.187 e. The molecule has 0 bridgehead atoms. The first-order valence-electron chi connectivity index (χ1n) is 7.12. The lowest BCUT2D eigenvalue weighted by molar-refractivity contribution is 0.416. The van der Waals surface area contributed by atoms with Crippen molar-refractivity contribution in [2.24, 2.45) is 0 Å². The van der Waals surface area contributed by atoms with Gasteiger partial charge in [0, 0.05) is 11.6 Å². The summed E-state index contributed by atoms with van der Waals surface area (Å²) in [5.74, 6) is 0.530. The number of nitrogen functional groups attached to an aromatic ring is 1. The highest BCUT2D eigenvalue weighted by atomic mass is 32.2. The van der Waals surface area contributed by atoms with Crippen LogP contribution >= 0.6 is 22.7 Å². The first kappa shape index (κ1) is 17.6. The van der Waals surface area contributed by atoms with Crippen LogP contribution in [0.4, 0.5) is 16.0 Å². The maximum absolute atomic E-state index is 11.8. The van der Waals surface area contributed by atoms with E-state index in [0.29, 0.717) is 21.7 Å². The second kappa shape index (κ2) is 6.62. The zero-order chi connectivity index (χ0) is 18.2. The number of ether oxygens (including phenoxy) is 1. The molecule has 0 spiro atoms. The van der Waals surface area contributed by atoms with Gasteiger partial charge in [0.2, 0.25) is 0 Å². The number of rotatable bonds is 5. The highest BCUT2D eigenvalue weighted by Crippen LogP contribution is 2.36. The van der Waals surface area contributed by atoms with Gasteiger partial charge in [-0.15, -0.1) is 11.3 Å². The number of aryl methyl sites for hydroxylation is 1. The molecule has 1 aromatic carbocycles. The molecule has 3 rings (SSSR count). The van der Waals surface area contributed by atoms with Gasteiger partial charge in [-0.3, -0.25) is 0 Å². The molecule has 0 fully saturated rings. The van der Waals surface area contributed by atoms with Crippen molar-refractivity contribution in [3.8, 4) is 16.3 Å². The summed E-state index contributed by atoms with van der Waals surface area (Å²) in [6, 6.07) is 4.66. The number of methoxy groups -OCH3 is 1. The minimum absolute atomic E-state index is 0.207. The van der Waals surface area contributed by atoms with E-state index in [1.165, 1.54) is 41.9 Å². The average molecular weight is 397 g/mol. The van der Waals surface area contributed by atoms with E-state index in [0.717, 1.165) is 22.5 Å². The fourth-order valence-electron chi connectivity index (χ4n) is 2.22. The third kappa shape index (κ3) is 3.75. The summed E-state index contributed by atoms with van der Waals surface area (Å²) in [6.07, 6.45) is 1.16. The summed E-state index contributed by atoms with van der Waals surface area (Å²) >= 11 is 2.78. The predicted molar refractivity (Wildman–Crippen MR) is 102 cm³/mol.